The number of benzene rings is 1. The van der Waals surface area contributed by atoms with Gasteiger partial charge in [-0.05, 0) is 30.5 Å². The lowest BCUT2D eigenvalue weighted by Gasteiger charge is -2.29. The molecule has 1 aliphatic rings. The van der Waals surface area contributed by atoms with Gasteiger partial charge in [0.05, 0.1) is 17.6 Å². The topological polar surface area (TPSA) is 78.1 Å². The minimum atomic E-state index is -0.471. The molecule has 0 bridgehead atoms. The summed E-state index contributed by atoms with van der Waals surface area (Å²) in [5.41, 5.74) is 1.24. The number of nitrogens with zero attached hydrogens (tertiary/aromatic N) is 2. The number of imidazole rings is 1. The van der Waals surface area contributed by atoms with Crippen LogP contribution in [-0.4, -0.2) is 39.3 Å². The smallest absolute Gasteiger partial charge is 0.243 e. The second kappa shape index (κ2) is 6.59. The molecule has 1 aliphatic heterocycles. The molecule has 1 unspecified atom stereocenters. The summed E-state index contributed by atoms with van der Waals surface area (Å²) in [7, 11) is 0. The van der Waals surface area contributed by atoms with Crippen molar-refractivity contribution in [2.45, 2.75) is 39.3 Å². The van der Waals surface area contributed by atoms with Crippen LogP contribution in [0.4, 0.5) is 4.39 Å². The van der Waals surface area contributed by atoms with Crippen molar-refractivity contribution in [3.63, 3.8) is 0 Å². The molecule has 2 N–H and O–H groups in total. The molecule has 1 aromatic carbocycles. The minimum absolute atomic E-state index is 0.0248. The van der Waals surface area contributed by atoms with Gasteiger partial charge in [0.25, 0.3) is 0 Å². The van der Waals surface area contributed by atoms with E-state index in [2.05, 4.69) is 15.3 Å². The third-order valence-electron chi connectivity index (χ3n) is 4.27. The fourth-order valence-corrected chi connectivity index (χ4v) is 3.16. The number of aromatic nitrogens is 2. The molecule has 1 fully saturated rings. The van der Waals surface area contributed by atoms with Crippen LogP contribution in [0, 0.1) is 11.7 Å². The first-order chi connectivity index (χ1) is 11.5. The Hall–Kier alpha value is -2.44. The van der Waals surface area contributed by atoms with Gasteiger partial charge < -0.3 is 15.2 Å². The van der Waals surface area contributed by atoms with Crippen LogP contribution < -0.4 is 5.32 Å². The first-order valence-corrected chi connectivity index (χ1v) is 8.17. The lowest BCUT2D eigenvalue weighted by molar-refractivity contribution is -0.139. The van der Waals surface area contributed by atoms with Crippen LogP contribution in [0.2, 0.25) is 0 Å². The fourth-order valence-electron chi connectivity index (χ4n) is 3.16. The molecule has 1 aromatic heterocycles. The van der Waals surface area contributed by atoms with E-state index in [1.54, 1.807) is 11.0 Å². The molecule has 1 atom stereocenters. The largest absolute Gasteiger partial charge is 0.347 e. The van der Waals surface area contributed by atoms with E-state index >= 15 is 0 Å². The van der Waals surface area contributed by atoms with Gasteiger partial charge in [-0.2, -0.15) is 0 Å². The lowest BCUT2D eigenvalue weighted by Crippen LogP contribution is -2.50. The van der Waals surface area contributed by atoms with Crippen molar-refractivity contribution in [1.29, 1.82) is 0 Å². The summed E-state index contributed by atoms with van der Waals surface area (Å²) < 4.78 is 13.2. The van der Waals surface area contributed by atoms with Crippen molar-refractivity contribution in [3.05, 3.63) is 29.8 Å². The zero-order valence-electron chi connectivity index (χ0n) is 13.8. The van der Waals surface area contributed by atoms with Crippen LogP contribution in [0.25, 0.3) is 11.0 Å². The Morgan fingerprint density at radius 2 is 2.25 bits per heavy atom. The van der Waals surface area contributed by atoms with E-state index in [1.807, 2.05) is 13.8 Å². The number of halogens is 1. The molecular weight excluding hydrogens is 311 g/mol. The van der Waals surface area contributed by atoms with E-state index in [9.17, 15) is 14.0 Å². The van der Waals surface area contributed by atoms with E-state index in [4.69, 9.17) is 0 Å². The number of rotatable bonds is 5. The standard InChI is InChI=1S/C17H21FN4O2/c1-10(2)16(22-7-3-4-15(22)23)17(24)19-9-14-20-12-6-5-11(18)8-13(12)21-14/h5-6,8,10,16H,3-4,7,9H2,1-2H3,(H,19,24)(H,20,21). The number of carbonyl (C=O) groups excluding carboxylic acids is 2. The number of H-pyrrole nitrogens is 1. The summed E-state index contributed by atoms with van der Waals surface area (Å²) >= 11 is 0. The van der Waals surface area contributed by atoms with Crippen molar-refractivity contribution < 1.29 is 14.0 Å². The summed E-state index contributed by atoms with van der Waals surface area (Å²) in [6, 6.07) is 3.83. The number of likely N-dealkylation sites (tertiary alicyclic amines) is 1. The van der Waals surface area contributed by atoms with Crippen LogP contribution in [-0.2, 0) is 16.1 Å². The summed E-state index contributed by atoms with van der Waals surface area (Å²) in [4.78, 5) is 33.5. The van der Waals surface area contributed by atoms with Crippen molar-refractivity contribution in [2.24, 2.45) is 5.92 Å². The molecule has 0 radical (unpaired) electrons. The quantitative estimate of drug-likeness (QED) is 0.879. The maximum atomic E-state index is 13.2. The molecule has 0 aliphatic carbocycles. The zero-order chi connectivity index (χ0) is 17.3. The number of fused-ring (bicyclic) bond motifs is 1. The van der Waals surface area contributed by atoms with E-state index in [-0.39, 0.29) is 30.1 Å². The van der Waals surface area contributed by atoms with E-state index in [0.29, 0.717) is 29.8 Å². The highest BCUT2D eigenvalue weighted by Gasteiger charge is 2.34. The minimum Gasteiger partial charge on any atom is -0.347 e. The van der Waals surface area contributed by atoms with Crippen LogP contribution >= 0.6 is 0 Å². The average molecular weight is 332 g/mol. The predicted molar refractivity (Wildman–Crippen MR) is 87.5 cm³/mol. The second-order valence-corrected chi connectivity index (χ2v) is 6.44. The Morgan fingerprint density at radius 1 is 1.46 bits per heavy atom. The molecule has 2 amide bonds. The Kier molecular flexibility index (Phi) is 4.51. The van der Waals surface area contributed by atoms with Gasteiger partial charge in [0.2, 0.25) is 11.8 Å². The summed E-state index contributed by atoms with van der Waals surface area (Å²) in [6.45, 7) is 4.69. The predicted octanol–water partition coefficient (Wildman–Crippen LogP) is 1.97. The number of nitrogens with one attached hydrogen (secondary N) is 2. The molecule has 0 saturated carbocycles. The molecular formula is C17H21FN4O2. The lowest BCUT2D eigenvalue weighted by atomic mass is 10.0. The van der Waals surface area contributed by atoms with Crippen LogP contribution in [0.3, 0.4) is 0 Å². The average Bonchev–Trinajstić information content (AvgIpc) is 3.11. The number of carbonyl (C=O) groups is 2. The van der Waals surface area contributed by atoms with Gasteiger partial charge in [0, 0.05) is 13.0 Å². The summed E-state index contributed by atoms with van der Waals surface area (Å²) in [5, 5.41) is 2.83. The highest BCUT2D eigenvalue weighted by Crippen LogP contribution is 2.19. The van der Waals surface area contributed by atoms with Crippen LogP contribution in [0.1, 0.15) is 32.5 Å². The summed E-state index contributed by atoms with van der Waals surface area (Å²) in [6.07, 6.45) is 1.30. The molecule has 0 spiro atoms. The number of amides is 2. The first-order valence-electron chi connectivity index (χ1n) is 8.17. The van der Waals surface area contributed by atoms with Crippen molar-refractivity contribution >= 4 is 22.8 Å². The van der Waals surface area contributed by atoms with Gasteiger partial charge in [-0.25, -0.2) is 9.37 Å². The van der Waals surface area contributed by atoms with Gasteiger partial charge in [-0.1, -0.05) is 13.8 Å². The fraction of sp³-hybridized carbons (Fsp3) is 0.471. The Labute approximate surface area is 139 Å². The van der Waals surface area contributed by atoms with Crippen molar-refractivity contribution in [3.8, 4) is 0 Å². The second-order valence-electron chi connectivity index (χ2n) is 6.44. The highest BCUT2D eigenvalue weighted by atomic mass is 19.1. The van der Waals surface area contributed by atoms with Crippen LogP contribution in [0.15, 0.2) is 18.2 Å². The van der Waals surface area contributed by atoms with Gasteiger partial charge in [-0.3, -0.25) is 9.59 Å². The maximum Gasteiger partial charge on any atom is 0.243 e. The van der Waals surface area contributed by atoms with Gasteiger partial charge in [0.15, 0.2) is 0 Å². The number of hydrogen-bond donors (Lipinski definition) is 2. The van der Waals surface area contributed by atoms with E-state index in [0.717, 1.165) is 6.42 Å². The van der Waals surface area contributed by atoms with Gasteiger partial charge in [0.1, 0.15) is 17.7 Å². The van der Waals surface area contributed by atoms with Gasteiger partial charge in [-0.15, -0.1) is 0 Å². The summed E-state index contributed by atoms with van der Waals surface area (Å²) in [5.74, 6) is 0.0834. The zero-order valence-corrected chi connectivity index (χ0v) is 13.8. The monoisotopic (exact) mass is 332 g/mol. The number of hydrogen-bond acceptors (Lipinski definition) is 3. The van der Waals surface area contributed by atoms with Crippen LogP contribution in [0.5, 0.6) is 0 Å². The third-order valence-corrected chi connectivity index (χ3v) is 4.27. The Morgan fingerprint density at radius 3 is 2.92 bits per heavy atom. The first kappa shape index (κ1) is 16.4. The third kappa shape index (κ3) is 3.25. The number of aromatic amines is 1. The Balaban J connectivity index is 1.69. The maximum absolute atomic E-state index is 13.2. The molecule has 2 aromatic rings. The van der Waals surface area contributed by atoms with Gasteiger partial charge >= 0.3 is 0 Å². The molecule has 3 rings (SSSR count). The van der Waals surface area contributed by atoms with Crippen molar-refractivity contribution in [1.82, 2.24) is 20.2 Å². The molecule has 128 valence electrons. The normalized spacial score (nSPS) is 16.2. The molecule has 24 heavy (non-hydrogen) atoms. The molecule has 7 heteroatoms. The Bertz CT molecular complexity index is 771. The van der Waals surface area contributed by atoms with Crippen molar-refractivity contribution in [2.75, 3.05) is 6.54 Å². The molecule has 1 saturated heterocycles. The molecule has 6 nitrogen and oxygen atoms in total. The highest BCUT2D eigenvalue weighted by molar-refractivity contribution is 5.88. The molecule has 2 heterocycles. The SMILES string of the molecule is CC(C)C(C(=O)NCc1nc2ccc(F)cc2[nH]1)N1CCCC1=O. The van der Waals surface area contributed by atoms with E-state index < -0.39 is 6.04 Å². The van der Waals surface area contributed by atoms with E-state index in [1.165, 1.54) is 12.1 Å².